The van der Waals surface area contributed by atoms with E-state index < -0.39 is 17.8 Å². The number of carbonyl (C=O) groups excluding carboxylic acids is 1. The van der Waals surface area contributed by atoms with Gasteiger partial charge in [0.25, 0.3) is 0 Å². The van der Waals surface area contributed by atoms with Gasteiger partial charge in [-0.25, -0.2) is 4.39 Å². The van der Waals surface area contributed by atoms with Crippen LogP contribution in [-0.2, 0) is 9.59 Å². The normalized spacial score (nSPS) is 11.7. The van der Waals surface area contributed by atoms with Gasteiger partial charge < -0.3 is 10.4 Å². The van der Waals surface area contributed by atoms with Crippen LogP contribution in [0.25, 0.3) is 0 Å². The molecule has 1 atom stereocenters. The third kappa shape index (κ3) is 5.01. The predicted molar refractivity (Wildman–Crippen MR) is 74.0 cm³/mol. The highest BCUT2D eigenvalue weighted by molar-refractivity contribution is 6.30. The van der Waals surface area contributed by atoms with Crippen LogP contribution in [0.2, 0.25) is 5.02 Å². The molecule has 0 saturated heterocycles. The molecule has 0 spiro atoms. The maximum atomic E-state index is 13.4. The molecule has 0 aromatic heterocycles. The van der Waals surface area contributed by atoms with Crippen LogP contribution in [0.5, 0.6) is 0 Å². The number of amides is 1. The summed E-state index contributed by atoms with van der Waals surface area (Å²) >= 11 is 5.58. The predicted octanol–water partition coefficient (Wildman–Crippen LogP) is 3.08. The molecule has 0 aliphatic rings. The Bertz CT molecular complexity index is 519. The summed E-state index contributed by atoms with van der Waals surface area (Å²) in [4.78, 5) is 22.5. The van der Waals surface area contributed by atoms with Crippen LogP contribution in [0, 0.1) is 5.82 Å². The molecule has 2 N–H and O–H groups in total. The zero-order valence-electron chi connectivity index (χ0n) is 10.7. The molecule has 0 heterocycles. The Morgan fingerprint density at radius 1 is 1.50 bits per heavy atom. The molecule has 0 saturated carbocycles. The second-order valence-corrected chi connectivity index (χ2v) is 4.63. The highest BCUT2D eigenvalue weighted by Gasteiger charge is 2.19. The lowest BCUT2D eigenvalue weighted by atomic mass is 10.0. The lowest BCUT2D eigenvalue weighted by Crippen LogP contribution is -2.30. The summed E-state index contributed by atoms with van der Waals surface area (Å²) in [7, 11) is 0. The van der Waals surface area contributed by atoms with Crippen molar-refractivity contribution in [3.8, 4) is 0 Å². The van der Waals surface area contributed by atoms with Gasteiger partial charge in [-0.1, -0.05) is 23.7 Å². The largest absolute Gasteiger partial charge is 0.481 e. The van der Waals surface area contributed by atoms with Crippen molar-refractivity contribution < 1.29 is 19.1 Å². The quantitative estimate of drug-likeness (QED) is 0.760. The molecule has 0 unspecified atom stereocenters. The van der Waals surface area contributed by atoms with E-state index in [1.807, 2.05) is 0 Å². The zero-order chi connectivity index (χ0) is 15.1. The van der Waals surface area contributed by atoms with E-state index in [1.165, 1.54) is 12.1 Å². The number of carbonyl (C=O) groups is 2. The highest BCUT2D eigenvalue weighted by Crippen LogP contribution is 2.22. The lowest BCUT2D eigenvalue weighted by molar-refractivity contribution is -0.137. The van der Waals surface area contributed by atoms with Gasteiger partial charge in [0.05, 0.1) is 17.5 Å². The number of carboxylic acids is 1. The van der Waals surface area contributed by atoms with Crippen LogP contribution in [-0.4, -0.2) is 17.0 Å². The van der Waals surface area contributed by atoms with Gasteiger partial charge in [-0.2, -0.15) is 0 Å². The summed E-state index contributed by atoms with van der Waals surface area (Å²) in [5, 5.41) is 11.4. The number of benzene rings is 1. The molecule has 1 rings (SSSR count). The standard InChI is InChI=1S/C14H15ClFNO3/c1-2-3-4-13(18)17-12(8-14(19)20)9-5-6-10(15)11(16)7-9/h2,5-7,12H,1,3-4,8H2,(H,17,18)(H,19,20)/t12-/m0/s1. The number of nitrogens with one attached hydrogen (secondary N) is 1. The minimum absolute atomic E-state index is 0.0548. The molecule has 0 fully saturated rings. The van der Waals surface area contributed by atoms with Crippen molar-refractivity contribution in [2.24, 2.45) is 0 Å². The van der Waals surface area contributed by atoms with Gasteiger partial charge in [0, 0.05) is 6.42 Å². The monoisotopic (exact) mass is 299 g/mol. The molecule has 1 amide bonds. The first-order valence-corrected chi connectivity index (χ1v) is 6.39. The second-order valence-electron chi connectivity index (χ2n) is 4.22. The Morgan fingerprint density at radius 3 is 2.75 bits per heavy atom. The molecule has 20 heavy (non-hydrogen) atoms. The lowest BCUT2D eigenvalue weighted by Gasteiger charge is -2.17. The Hall–Kier alpha value is -1.88. The minimum Gasteiger partial charge on any atom is -0.481 e. The van der Waals surface area contributed by atoms with Gasteiger partial charge in [0.1, 0.15) is 5.82 Å². The molecule has 0 aliphatic carbocycles. The van der Waals surface area contributed by atoms with Gasteiger partial charge in [0.15, 0.2) is 0 Å². The summed E-state index contributed by atoms with van der Waals surface area (Å²) in [5.41, 5.74) is 0.362. The van der Waals surface area contributed by atoms with Gasteiger partial charge in [-0.3, -0.25) is 9.59 Å². The van der Waals surface area contributed by atoms with Gasteiger partial charge in [0.2, 0.25) is 5.91 Å². The Kier molecular flexibility index (Phi) is 6.18. The maximum Gasteiger partial charge on any atom is 0.305 e. The first kappa shape index (κ1) is 16.2. The Morgan fingerprint density at radius 2 is 2.20 bits per heavy atom. The highest BCUT2D eigenvalue weighted by atomic mass is 35.5. The molecular weight excluding hydrogens is 285 g/mol. The number of hydrogen-bond donors (Lipinski definition) is 2. The average Bonchev–Trinajstić information content (AvgIpc) is 2.38. The van der Waals surface area contributed by atoms with Crippen LogP contribution in [0.3, 0.4) is 0 Å². The fourth-order valence-corrected chi connectivity index (χ4v) is 1.77. The summed E-state index contributed by atoms with van der Waals surface area (Å²) in [5.74, 6) is -2.05. The Labute approximate surface area is 121 Å². The van der Waals surface area contributed by atoms with Crippen LogP contribution in [0.4, 0.5) is 4.39 Å². The van der Waals surface area contributed by atoms with Crippen molar-refractivity contribution in [2.45, 2.75) is 25.3 Å². The third-order valence-electron chi connectivity index (χ3n) is 2.64. The fraction of sp³-hybridized carbons (Fsp3) is 0.286. The summed E-state index contributed by atoms with van der Waals surface area (Å²) in [6.45, 7) is 3.50. The van der Waals surface area contributed by atoms with E-state index in [0.29, 0.717) is 12.0 Å². The summed E-state index contributed by atoms with van der Waals surface area (Å²) in [6.07, 6.45) is 1.95. The molecular formula is C14H15ClFNO3. The SMILES string of the molecule is C=CCCC(=O)N[C@@H](CC(=O)O)c1ccc(Cl)c(F)c1. The Balaban J connectivity index is 2.87. The smallest absolute Gasteiger partial charge is 0.305 e. The molecule has 0 aliphatic heterocycles. The number of halogens is 2. The van der Waals surface area contributed by atoms with Gasteiger partial charge in [-0.15, -0.1) is 6.58 Å². The second kappa shape index (κ2) is 7.65. The average molecular weight is 300 g/mol. The summed E-state index contributed by atoms with van der Waals surface area (Å²) < 4.78 is 13.4. The van der Waals surface area contributed by atoms with Crippen molar-refractivity contribution >= 4 is 23.5 Å². The van der Waals surface area contributed by atoms with E-state index in [0.717, 1.165) is 6.07 Å². The number of hydrogen-bond acceptors (Lipinski definition) is 2. The van der Waals surface area contributed by atoms with Crippen LogP contribution < -0.4 is 5.32 Å². The maximum absolute atomic E-state index is 13.4. The van der Waals surface area contributed by atoms with Crippen LogP contribution in [0.1, 0.15) is 30.9 Å². The molecule has 4 nitrogen and oxygen atoms in total. The number of aliphatic carboxylic acids is 1. The number of carboxylic acid groups (broad SMARTS) is 1. The van der Waals surface area contributed by atoms with Crippen molar-refractivity contribution in [1.29, 1.82) is 0 Å². The van der Waals surface area contributed by atoms with Gasteiger partial charge >= 0.3 is 5.97 Å². The number of rotatable bonds is 7. The van der Waals surface area contributed by atoms with E-state index >= 15 is 0 Å². The van der Waals surface area contributed by atoms with Gasteiger partial charge in [-0.05, 0) is 24.1 Å². The van der Waals surface area contributed by atoms with E-state index in [9.17, 15) is 14.0 Å². The first-order chi connectivity index (χ1) is 9.43. The van der Waals surface area contributed by atoms with E-state index in [1.54, 1.807) is 6.08 Å². The van der Waals surface area contributed by atoms with E-state index in [-0.39, 0.29) is 23.8 Å². The minimum atomic E-state index is -1.09. The zero-order valence-corrected chi connectivity index (χ0v) is 11.5. The van der Waals surface area contributed by atoms with Crippen molar-refractivity contribution in [3.63, 3.8) is 0 Å². The number of allylic oxidation sites excluding steroid dienone is 1. The first-order valence-electron chi connectivity index (χ1n) is 6.01. The van der Waals surface area contributed by atoms with Crippen molar-refractivity contribution in [2.75, 3.05) is 0 Å². The van der Waals surface area contributed by atoms with Crippen molar-refractivity contribution in [3.05, 3.63) is 47.3 Å². The summed E-state index contributed by atoms with van der Waals surface area (Å²) in [6, 6.07) is 3.16. The molecule has 0 radical (unpaired) electrons. The third-order valence-corrected chi connectivity index (χ3v) is 2.94. The molecule has 6 heteroatoms. The fourth-order valence-electron chi connectivity index (χ4n) is 1.66. The van der Waals surface area contributed by atoms with Crippen LogP contribution >= 0.6 is 11.6 Å². The molecule has 1 aromatic rings. The topological polar surface area (TPSA) is 66.4 Å². The van der Waals surface area contributed by atoms with Crippen LogP contribution in [0.15, 0.2) is 30.9 Å². The van der Waals surface area contributed by atoms with E-state index in [4.69, 9.17) is 16.7 Å². The van der Waals surface area contributed by atoms with E-state index in [2.05, 4.69) is 11.9 Å². The molecule has 0 bridgehead atoms. The molecule has 108 valence electrons. The molecule has 1 aromatic carbocycles. The van der Waals surface area contributed by atoms with Crippen molar-refractivity contribution in [1.82, 2.24) is 5.32 Å².